The van der Waals surface area contributed by atoms with Crippen LogP contribution in [0.1, 0.15) is 10.5 Å². The number of fused-ring (bicyclic) bond motifs is 1. The van der Waals surface area contributed by atoms with Gasteiger partial charge in [0.25, 0.3) is 11.7 Å². The molecule has 4 rings (SSSR count). The van der Waals surface area contributed by atoms with Crippen LogP contribution < -0.4 is 5.32 Å². The predicted molar refractivity (Wildman–Crippen MR) is 107 cm³/mol. The molecule has 2 aromatic carbocycles. The second kappa shape index (κ2) is 7.48. The number of hydrogen-bond acceptors (Lipinski definition) is 2. The molecule has 0 saturated heterocycles. The molecule has 0 aliphatic heterocycles. The van der Waals surface area contributed by atoms with Crippen LogP contribution in [0.25, 0.3) is 16.6 Å². The highest BCUT2D eigenvalue weighted by atomic mass is 35.5. The molecule has 0 fully saturated rings. The predicted octanol–water partition coefficient (Wildman–Crippen LogP) is 5.36. The van der Waals surface area contributed by atoms with Gasteiger partial charge in [-0.1, -0.05) is 35.9 Å². The molecule has 0 saturated carbocycles. The van der Waals surface area contributed by atoms with E-state index in [2.05, 4.69) is 0 Å². The molecule has 2 aromatic heterocycles. The molecule has 0 unspecified atom stereocenters. The number of aromatic nitrogens is 1. The molecule has 7 heteroatoms. The number of ketones is 1. The lowest BCUT2D eigenvalue weighted by Gasteiger charge is -2.09. The van der Waals surface area contributed by atoms with Crippen LogP contribution in [0.3, 0.4) is 0 Å². The van der Waals surface area contributed by atoms with Crippen molar-refractivity contribution in [2.45, 2.75) is 0 Å². The second-order valence-electron chi connectivity index (χ2n) is 6.29. The van der Waals surface area contributed by atoms with Gasteiger partial charge in [0.1, 0.15) is 23.0 Å². The lowest BCUT2D eigenvalue weighted by molar-refractivity contribution is -0.112. The normalized spacial score (nSPS) is 10.9. The molecular weight excluding hydrogens is 398 g/mol. The van der Waals surface area contributed by atoms with Crippen molar-refractivity contribution in [3.8, 4) is 11.1 Å². The van der Waals surface area contributed by atoms with Crippen LogP contribution in [-0.4, -0.2) is 16.1 Å². The van der Waals surface area contributed by atoms with Gasteiger partial charge in [-0.15, -0.1) is 0 Å². The van der Waals surface area contributed by atoms with Crippen molar-refractivity contribution in [1.82, 2.24) is 4.40 Å². The van der Waals surface area contributed by atoms with Crippen LogP contribution in [0.2, 0.25) is 5.02 Å². The Morgan fingerprint density at radius 1 is 0.897 bits per heavy atom. The fraction of sp³-hybridized carbons (Fsp3) is 0. The minimum atomic E-state index is -1.15. The Kier molecular flexibility index (Phi) is 4.86. The van der Waals surface area contributed by atoms with Gasteiger partial charge in [-0.3, -0.25) is 9.59 Å². The summed E-state index contributed by atoms with van der Waals surface area (Å²) in [6.07, 6.45) is 1.64. The van der Waals surface area contributed by atoms with Crippen molar-refractivity contribution in [3.05, 3.63) is 95.3 Å². The SMILES string of the molecule is O=C(Nc1c(F)cccc1F)C(=O)c1c(-c2ccc(Cl)cc2)cc2ccccn12. The quantitative estimate of drug-likeness (QED) is 0.364. The van der Waals surface area contributed by atoms with Crippen LogP contribution in [0.15, 0.2) is 72.9 Å². The molecule has 0 aliphatic rings. The lowest BCUT2D eigenvalue weighted by Crippen LogP contribution is -2.25. The van der Waals surface area contributed by atoms with E-state index in [1.54, 1.807) is 59.1 Å². The molecule has 2 heterocycles. The Hall–Kier alpha value is -3.51. The molecule has 1 amide bonds. The van der Waals surface area contributed by atoms with Gasteiger partial charge in [-0.25, -0.2) is 8.78 Å². The number of hydrogen-bond donors (Lipinski definition) is 1. The third kappa shape index (κ3) is 3.50. The first kappa shape index (κ1) is 18.8. The van der Waals surface area contributed by atoms with E-state index >= 15 is 0 Å². The maximum Gasteiger partial charge on any atom is 0.298 e. The maximum absolute atomic E-state index is 13.9. The Morgan fingerprint density at radius 2 is 1.59 bits per heavy atom. The highest BCUT2D eigenvalue weighted by molar-refractivity contribution is 6.47. The summed E-state index contributed by atoms with van der Waals surface area (Å²) < 4.78 is 29.3. The molecule has 0 spiro atoms. The Balaban J connectivity index is 1.80. The lowest BCUT2D eigenvalue weighted by atomic mass is 10.0. The fourth-order valence-corrected chi connectivity index (χ4v) is 3.23. The molecule has 1 N–H and O–H groups in total. The number of carbonyl (C=O) groups excluding carboxylic acids is 2. The second-order valence-corrected chi connectivity index (χ2v) is 6.73. The van der Waals surface area contributed by atoms with Crippen LogP contribution in [-0.2, 0) is 4.79 Å². The van der Waals surface area contributed by atoms with Crippen molar-refractivity contribution in [2.24, 2.45) is 0 Å². The Morgan fingerprint density at radius 3 is 2.28 bits per heavy atom. The van der Waals surface area contributed by atoms with E-state index in [9.17, 15) is 18.4 Å². The number of rotatable bonds is 4. The summed E-state index contributed by atoms with van der Waals surface area (Å²) in [6.45, 7) is 0. The number of anilines is 1. The highest BCUT2D eigenvalue weighted by Crippen LogP contribution is 2.30. The zero-order valence-corrected chi connectivity index (χ0v) is 15.6. The van der Waals surface area contributed by atoms with Crippen LogP contribution in [0.5, 0.6) is 0 Å². The molecule has 0 radical (unpaired) electrons. The van der Waals surface area contributed by atoms with Crippen LogP contribution in [0, 0.1) is 11.6 Å². The molecule has 0 atom stereocenters. The molecule has 0 bridgehead atoms. The van der Waals surface area contributed by atoms with Gasteiger partial charge in [-0.05, 0) is 48.0 Å². The first-order chi connectivity index (χ1) is 14.0. The number of amides is 1. The Bertz CT molecular complexity index is 1230. The van der Waals surface area contributed by atoms with Gasteiger partial charge >= 0.3 is 0 Å². The van der Waals surface area contributed by atoms with E-state index in [0.717, 1.165) is 12.1 Å². The van der Waals surface area contributed by atoms with E-state index in [4.69, 9.17) is 11.6 Å². The fourth-order valence-electron chi connectivity index (χ4n) is 3.10. The third-order valence-electron chi connectivity index (χ3n) is 4.46. The van der Waals surface area contributed by atoms with Crippen molar-refractivity contribution in [3.63, 3.8) is 0 Å². The van der Waals surface area contributed by atoms with Gasteiger partial charge in [0, 0.05) is 22.3 Å². The summed E-state index contributed by atoms with van der Waals surface area (Å²) in [6, 6.07) is 17.0. The number of benzene rings is 2. The smallest absolute Gasteiger partial charge is 0.298 e. The first-order valence-corrected chi connectivity index (χ1v) is 8.99. The molecule has 0 aliphatic carbocycles. The van der Waals surface area contributed by atoms with Gasteiger partial charge in [0.05, 0.1) is 0 Å². The molecule has 4 aromatic rings. The molecule has 4 nitrogen and oxygen atoms in total. The summed E-state index contributed by atoms with van der Waals surface area (Å²) in [5.41, 5.74) is 1.27. The number of pyridine rings is 1. The molecule has 144 valence electrons. The molecular formula is C22H13ClF2N2O2. The van der Waals surface area contributed by atoms with Crippen LogP contribution >= 0.6 is 11.6 Å². The number of carbonyl (C=O) groups is 2. The number of halogens is 3. The minimum absolute atomic E-state index is 0.0807. The maximum atomic E-state index is 13.9. The summed E-state index contributed by atoms with van der Waals surface area (Å²) in [5.74, 6) is -4.01. The van der Waals surface area contributed by atoms with Gasteiger partial charge in [0.15, 0.2) is 0 Å². The first-order valence-electron chi connectivity index (χ1n) is 8.61. The zero-order valence-electron chi connectivity index (χ0n) is 14.8. The van der Waals surface area contributed by atoms with Gasteiger partial charge < -0.3 is 9.72 Å². The van der Waals surface area contributed by atoms with Crippen molar-refractivity contribution >= 4 is 34.5 Å². The van der Waals surface area contributed by atoms with E-state index in [0.29, 0.717) is 21.7 Å². The summed E-state index contributed by atoms with van der Waals surface area (Å²) in [4.78, 5) is 25.6. The number of para-hydroxylation sites is 1. The number of nitrogens with zero attached hydrogens (tertiary/aromatic N) is 1. The van der Waals surface area contributed by atoms with Crippen LogP contribution in [0.4, 0.5) is 14.5 Å². The van der Waals surface area contributed by atoms with Crippen molar-refractivity contribution < 1.29 is 18.4 Å². The average Bonchev–Trinajstić information content (AvgIpc) is 3.10. The van der Waals surface area contributed by atoms with E-state index < -0.39 is 29.0 Å². The topological polar surface area (TPSA) is 50.6 Å². The number of Topliss-reactive ketones (excluding diaryl/α,β-unsaturated/α-hetero) is 1. The van der Waals surface area contributed by atoms with Gasteiger partial charge in [-0.2, -0.15) is 0 Å². The van der Waals surface area contributed by atoms with E-state index in [1.165, 1.54) is 6.07 Å². The van der Waals surface area contributed by atoms with E-state index in [-0.39, 0.29) is 5.69 Å². The Labute approximate surface area is 169 Å². The standard InChI is InChI=1S/C22H13ClF2N2O2/c23-14-9-7-13(8-10-14)16-12-15-4-1-2-11-27(15)20(16)21(28)22(29)26-19-17(24)5-3-6-18(19)25/h1-12H,(H,26,29). The monoisotopic (exact) mass is 410 g/mol. The summed E-state index contributed by atoms with van der Waals surface area (Å²) in [5, 5.41) is 2.57. The van der Waals surface area contributed by atoms with Gasteiger partial charge in [0.2, 0.25) is 0 Å². The minimum Gasteiger partial charge on any atom is -0.314 e. The molecule has 29 heavy (non-hydrogen) atoms. The third-order valence-corrected chi connectivity index (χ3v) is 4.71. The number of nitrogens with one attached hydrogen (secondary N) is 1. The highest BCUT2D eigenvalue weighted by Gasteiger charge is 2.26. The van der Waals surface area contributed by atoms with E-state index in [1.807, 2.05) is 5.32 Å². The summed E-state index contributed by atoms with van der Waals surface area (Å²) >= 11 is 5.94. The summed E-state index contributed by atoms with van der Waals surface area (Å²) in [7, 11) is 0. The average molecular weight is 411 g/mol. The largest absolute Gasteiger partial charge is 0.314 e. The van der Waals surface area contributed by atoms with Crippen molar-refractivity contribution in [2.75, 3.05) is 5.32 Å². The van der Waals surface area contributed by atoms with Crippen molar-refractivity contribution in [1.29, 1.82) is 0 Å². The zero-order chi connectivity index (χ0) is 20.5.